The van der Waals surface area contributed by atoms with E-state index in [0.717, 1.165) is 22.6 Å². The Balaban J connectivity index is 1.74. The van der Waals surface area contributed by atoms with E-state index < -0.39 is 0 Å². The topological polar surface area (TPSA) is 79.2 Å². The minimum Gasteiger partial charge on any atom is -0.357 e. The lowest BCUT2D eigenvalue weighted by Crippen LogP contribution is -2.27. The molecule has 0 saturated carbocycles. The van der Waals surface area contributed by atoms with Gasteiger partial charge in [-0.3, -0.25) is 9.69 Å². The van der Waals surface area contributed by atoms with Gasteiger partial charge in [0.05, 0.1) is 29.6 Å². The maximum atomic E-state index is 13.3. The fourth-order valence-corrected chi connectivity index (χ4v) is 3.76. The first kappa shape index (κ1) is 20.3. The van der Waals surface area contributed by atoms with Crippen molar-refractivity contribution in [3.8, 4) is 0 Å². The molecule has 158 valence electrons. The number of nitrogens with one attached hydrogen (secondary N) is 1. The van der Waals surface area contributed by atoms with Crippen LogP contribution in [0.3, 0.4) is 0 Å². The van der Waals surface area contributed by atoms with Gasteiger partial charge >= 0.3 is 0 Å². The van der Waals surface area contributed by atoms with Gasteiger partial charge in [0.25, 0.3) is 5.91 Å². The van der Waals surface area contributed by atoms with Gasteiger partial charge in [0.15, 0.2) is 5.65 Å². The van der Waals surface area contributed by atoms with Crippen molar-refractivity contribution in [3.63, 3.8) is 0 Å². The Hall–Kier alpha value is -3.00. The largest absolute Gasteiger partial charge is 0.357 e. The Kier molecular flexibility index (Phi) is 5.19. The molecule has 1 N–H and O–H groups in total. The summed E-state index contributed by atoms with van der Waals surface area (Å²) in [6.07, 6.45) is 1.80. The minimum atomic E-state index is -0.0432. The third-order valence-corrected chi connectivity index (χ3v) is 5.72. The average Bonchev–Trinajstić information content (AvgIpc) is 3.28. The maximum absolute atomic E-state index is 13.3. The lowest BCUT2D eigenvalue weighted by molar-refractivity contribution is 0.0996. The summed E-state index contributed by atoms with van der Waals surface area (Å²) in [5.41, 5.74) is 4.19. The lowest BCUT2D eigenvalue weighted by Gasteiger charge is -2.24. The highest BCUT2D eigenvalue weighted by atomic mass is 16.2. The van der Waals surface area contributed by atoms with E-state index in [9.17, 15) is 4.79 Å². The molecule has 3 aromatic heterocycles. The highest BCUT2D eigenvalue weighted by molar-refractivity contribution is 6.10. The summed E-state index contributed by atoms with van der Waals surface area (Å²) in [7, 11) is 3.89. The second-order valence-corrected chi connectivity index (χ2v) is 8.34. The zero-order valence-corrected chi connectivity index (χ0v) is 18.5. The van der Waals surface area contributed by atoms with Crippen LogP contribution in [0.15, 0.2) is 24.5 Å². The van der Waals surface area contributed by atoms with Gasteiger partial charge in [-0.25, -0.2) is 15.0 Å². The molecule has 1 aliphatic rings. The van der Waals surface area contributed by atoms with E-state index in [1.54, 1.807) is 11.2 Å². The van der Waals surface area contributed by atoms with Crippen LogP contribution in [0.1, 0.15) is 55.4 Å². The fraction of sp³-hybridized carbons (Fsp3) is 0.455. The van der Waals surface area contributed by atoms with E-state index in [-0.39, 0.29) is 11.9 Å². The molecule has 3 aromatic rings. The zero-order chi connectivity index (χ0) is 21.6. The van der Waals surface area contributed by atoms with Crippen LogP contribution in [0, 0.1) is 0 Å². The molecule has 4 rings (SSSR count). The number of aromatic nitrogens is 4. The van der Waals surface area contributed by atoms with Crippen molar-refractivity contribution < 1.29 is 4.79 Å². The molecule has 0 atom stereocenters. The van der Waals surface area contributed by atoms with Crippen LogP contribution in [-0.4, -0.2) is 45.6 Å². The normalized spacial score (nSPS) is 13.7. The van der Waals surface area contributed by atoms with Gasteiger partial charge in [0, 0.05) is 31.2 Å². The van der Waals surface area contributed by atoms with E-state index in [1.807, 2.05) is 32.3 Å². The van der Waals surface area contributed by atoms with Gasteiger partial charge in [-0.1, -0.05) is 0 Å². The smallest absolute Gasteiger partial charge is 0.260 e. The second-order valence-electron chi connectivity index (χ2n) is 8.34. The first-order chi connectivity index (χ1) is 14.3. The van der Waals surface area contributed by atoms with Gasteiger partial charge in [0.1, 0.15) is 11.6 Å². The number of anilines is 2. The molecule has 1 aliphatic heterocycles. The molecule has 0 bridgehead atoms. The van der Waals surface area contributed by atoms with Crippen LogP contribution in [0.25, 0.3) is 11.2 Å². The zero-order valence-electron chi connectivity index (χ0n) is 18.5. The maximum Gasteiger partial charge on any atom is 0.260 e. The van der Waals surface area contributed by atoms with Crippen molar-refractivity contribution in [2.75, 3.05) is 23.9 Å². The number of hydrogen-bond donors (Lipinski definition) is 1. The van der Waals surface area contributed by atoms with Crippen LogP contribution in [0.5, 0.6) is 0 Å². The quantitative estimate of drug-likeness (QED) is 0.676. The summed E-state index contributed by atoms with van der Waals surface area (Å²) in [5, 5.41) is 3.18. The molecule has 0 unspecified atom stereocenters. The predicted molar refractivity (Wildman–Crippen MR) is 119 cm³/mol. The van der Waals surface area contributed by atoms with E-state index in [1.165, 1.54) is 0 Å². The van der Waals surface area contributed by atoms with Gasteiger partial charge in [0.2, 0.25) is 0 Å². The van der Waals surface area contributed by atoms with Crippen molar-refractivity contribution >= 4 is 28.7 Å². The number of nitrogens with zero attached hydrogens (tertiary/aromatic N) is 6. The Bertz CT molecular complexity index is 1100. The Morgan fingerprint density at radius 1 is 1.20 bits per heavy atom. The summed E-state index contributed by atoms with van der Waals surface area (Å²) < 4.78 is 2.08. The number of carbonyl (C=O) groups is 1. The summed E-state index contributed by atoms with van der Waals surface area (Å²) in [4.78, 5) is 31.1. The molecule has 0 spiro atoms. The second kappa shape index (κ2) is 7.68. The molecule has 0 aliphatic carbocycles. The number of imidazole rings is 1. The van der Waals surface area contributed by atoms with E-state index in [4.69, 9.17) is 4.98 Å². The summed E-state index contributed by atoms with van der Waals surface area (Å²) >= 11 is 0. The summed E-state index contributed by atoms with van der Waals surface area (Å²) in [5.74, 6) is 1.38. The number of amides is 1. The number of pyridine rings is 2. The average molecular weight is 408 g/mol. The van der Waals surface area contributed by atoms with Crippen LogP contribution in [-0.2, 0) is 13.1 Å². The fourth-order valence-electron chi connectivity index (χ4n) is 3.76. The van der Waals surface area contributed by atoms with Gasteiger partial charge in [-0.15, -0.1) is 0 Å². The monoisotopic (exact) mass is 407 g/mol. The van der Waals surface area contributed by atoms with Gasteiger partial charge in [-0.05, 0) is 52.9 Å². The number of rotatable bonds is 6. The van der Waals surface area contributed by atoms with Crippen LogP contribution in [0.4, 0.5) is 11.6 Å². The van der Waals surface area contributed by atoms with Crippen LogP contribution in [0.2, 0.25) is 0 Å². The number of hydrogen-bond acceptors (Lipinski definition) is 6. The molecule has 0 fully saturated rings. The molecule has 8 heteroatoms. The van der Waals surface area contributed by atoms with E-state index in [2.05, 4.69) is 52.4 Å². The van der Waals surface area contributed by atoms with Crippen molar-refractivity contribution in [1.29, 1.82) is 0 Å². The molecular weight excluding hydrogens is 378 g/mol. The number of carbonyl (C=O) groups excluding carboxylic acids is 1. The molecule has 8 nitrogen and oxygen atoms in total. The molecule has 0 saturated heterocycles. The third kappa shape index (κ3) is 3.31. The van der Waals surface area contributed by atoms with Crippen molar-refractivity contribution in [1.82, 2.24) is 24.8 Å². The van der Waals surface area contributed by atoms with Crippen LogP contribution < -0.4 is 15.1 Å². The van der Waals surface area contributed by atoms with Gasteiger partial charge in [-0.2, -0.15) is 0 Å². The van der Waals surface area contributed by atoms with Crippen molar-refractivity contribution in [2.45, 2.75) is 52.9 Å². The first-order valence-electron chi connectivity index (χ1n) is 10.4. The Labute approximate surface area is 176 Å². The Morgan fingerprint density at radius 2 is 1.97 bits per heavy atom. The molecular formula is C22H29N7O. The lowest BCUT2D eigenvalue weighted by atomic mass is 10.1. The molecule has 0 aromatic carbocycles. The minimum absolute atomic E-state index is 0.0432. The molecule has 30 heavy (non-hydrogen) atoms. The van der Waals surface area contributed by atoms with Crippen molar-refractivity contribution in [2.24, 2.45) is 0 Å². The highest BCUT2D eigenvalue weighted by Gasteiger charge is 2.33. The third-order valence-electron chi connectivity index (χ3n) is 5.72. The number of fused-ring (bicyclic) bond motifs is 2. The first-order valence-corrected chi connectivity index (χ1v) is 10.4. The summed E-state index contributed by atoms with van der Waals surface area (Å²) in [6.45, 7) is 9.50. The van der Waals surface area contributed by atoms with E-state index in [0.29, 0.717) is 36.2 Å². The summed E-state index contributed by atoms with van der Waals surface area (Å²) in [6, 6.07) is 6.38. The molecule has 1 amide bonds. The van der Waals surface area contributed by atoms with Gasteiger partial charge < -0.3 is 14.8 Å². The standard InChI is InChI=1S/C22H29N7O/c1-13(2)27(6)20-9-15-16(17(25-20)10-23-5)11-28(22(15)30)19-8-7-18-21(26-19)24-12-29(18)14(3)4/h7-9,12-14,23H,10-11H2,1-6H3. The predicted octanol–water partition coefficient (Wildman–Crippen LogP) is 3.13. The van der Waals surface area contributed by atoms with Crippen molar-refractivity contribution in [3.05, 3.63) is 41.3 Å². The molecule has 4 heterocycles. The Morgan fingerprint density at radius 3 is 2.63 bits per heavy atom. The van der Waals surface area contributed by atoms with Crippen LogP contribution >= 0.6 is 0 Å². The highest BCUT2D eigenvalue weighted by Crippen LogP contribution is 2.32. The molecule has 0 radical (unpaired) electrons. The van der Waals surface area contributed by atoms with E-state index >= 15 is 0 Å². The SMILES string of the molecule is CNCc1nc(N(C)C(C)C)cc2c1CN(c1ccc3c(ncn3C(C)C)n1)C2=O.